The van der Waals surface area contributed by atoms with Gasteiger partial charge in [-0.25, -0.2) is 9.29 Å². The van der Waals surface area contributed by atoms with E-state index in [2.05, 4.69) is 5.32 Å². The highest BCUT2D eigenvalue weighted by Crippen LogP contribution is 2.37. The number of halogens is 1. The van der Waals surface area contributed by atoms with Crippen LogP contribution >= 0.6 is 0 Å². The molecule has 0 atom stereocenters. The fourth-order valence-corrected chi connectivity index (χ4v) is 4.24. The smallest absolute Gasteiger partial charge is 0.282 e. The number of nitrogens with zero attached hydrogens (tertiary/aromatic N) is 1. The van der Waals surface area contributed by atoms with Gasteiger partial charge in [0.2, 0.25) is 0 Å². The third-order valence-corrected chi connectivity index (χ3v) is 5.87. The normalized spacial score (nSPS) is 13.8. The minimum Gasteiger partial charge on any atom is -0.350 e. The van der Waals surface area contributed by atoms with Gasteiger partial charge in [0.25, 0.3) is 11.8 Å². The molecule has 1 aliphatic heterocycles. The van der Waals surface area contributed by atoms with E-state index in [9.17, 15) is 14.0 Å². The minimum absolute atomic E-state index is 0.173. The molecule has 0 aromatic heterocycles. The second-order valence-electron chi connectivity index (χ2n) is 8.14. The van der Waals surface area contributed by atoms with Crippen molar-refractivity contribution in [3.63, 3.8) is 0 Å². The zero-order valence-corrected chi connectivity index (χ0v) is 18.2. The molecular formula is C28H21FN2O2. The lowest BCUT2D eigenvalue weighted by Crippen LogP contribution is -2.32. The van der Waals surface area contributed by atoms with Gasteiger partial charge in [-0.1, -0.05) is 66.2 Å². The standard InChI is InChI=1S/C28H21FN2O2/c1-17-10-15-23(18(2)16-17)30-26-25(20-11-13-21(29)14-12-20)27(32)31(28(26)33)24-9-5-7-19-6-3-4-8-22(19)24/h3-16,30H,1-2H3. The molecule has 2 amide bonds. The fraction of sp³-hybridized carbons (Fsp3) is 0.0714. The van der Waals surface area contributed by atoms with Crippen molar-refractivity contribution in [2.45, 2.75) is 13.8 Å². The summed E-state index contributed by atoms with van der Waals surface area (Å²) in [5.74, 6) is -1.31. The van der Waals surface area contributed by atoms with Crippen LogP contribution in [0.2, 0.25) is 0 Å². The van der Waals surface area contributed by atoms with E-state index >= 15 is 0 Å². The summed E-state index contributed by atoms with van der Waals surface area (Å²) < 4.78 is 13.6. The molecule has 5 heteroatoms. The third kappa shape index (κ3) is 3.57. The van der Waals surface area contributed by atoms with Crippen LogP contribution in [0.1, 0.15) is 16.7 Å². The lowest BCUT2D eigenvalue weighted by molar-refractivity contribution is -0.120. The Balaban J connectivity index is 1.67. The maximum absolute atomic E-state index is 13.7. The maximum atomic E-state index is 13.7. The number of anilines is 2. The second kappa shape index (κ2) is 8.02. The Labute approximate surface area is 191 Å². The molecule has 0 bridgehead atoms. The van der Waals surface area contributed by atoms with Crippen LogP contribution in [0, 0.1) is 19.7 Å². The molecule has 0 aliphatic carbocycles. The van der Waals surface area contributed by atoms with Crippen molar-refractivity contribution in [1.82, 2.24) is 0 Å². The molecule has 0 spiro atoms. The predicted molar refractivity (Wildman–Crippen MR) is 129 cm³/mol. The van der Waals surface area contributed by atoms with E-state index in [1.165, 1.54) is 29.2 Å². The highest BCUT2D eigenvalue weighted by atomic mass is 19.1. The summed E-state index contributed by atoms with van der Waals surface area (Å²) in [5, 5.41) is 4.93. The number of carbonyl (C=O) groups excluding carboxylic acids is 2. The number of benzene rings is 4. The van der Waals surface area contributed by atoms with E-state index in [1.54, 1.807) is 6.07 Å². The SMILES string of the molecule is Cc1ccc(NC2=C(c3ccc(F)cc3)C(=O)N(c3cccc4ccccc34)C2=O)c(C)c1. The van der Waals surface area contributed by atoms with Gasteiger partial charge in [-0.2, -0.15) is 0 Å². The van der Waals surface area contributed by atoms with Gasteiger partial charge in [-0.15, -0.1) is 0 Å². The number of imide groups is 1. The lowest BCUT2D eigenvalue weighted by Gasteiger charge is -2.18. The van der Waals surface area contributed by atoms with E-state index in [4.69, 9.17) is 0 Å². The van der Waals surface area contributed by atoms with Crippen LogP contribution in [-0.2, 0) is 9.59 Å². The Morgan fingerprint density at radius 1 is 0.788 bits per heavy atom. The Morgan fingerprint density at radius 2 is 1.52 bits per heavy atom. The Morgan fingerprint density at radius 3 is 2.27 bits per heavy atom. The molecule has 1 N–H and O–H groups in total. The van der Waals surface area contributed by atoms with E-state index in [0.29, 0.717) is 11.3 Å². The minimum atomic E-state index is -0.449. The van der Waals surface area contributed by atoms with E-state index in [0.717, 1.165) is 27.6 Å². The van der Waals surface area contributed by atoms with Crippen molar-refractivity contribution in [3.8, 4) is 0 Å². The van der Waals surface area contributed by atoms with Gasteiger partial charge in [-0.05, 0) is 54.6 Å². The zero-order valence-electron chi connectivity index (χ0n) is 18.2. The molecular weight excluding hydrogens is 415 g/mol. The zero-order chi connectivity index (χ0) is 23.1. The summed E-state index contributed by atoms with van der Waals surface area (Å²) in [6, 6.07) is 24.6. The molecule has 5 rings (SSSR count). The number of amides is 2. The Bertz CT molecular complexity index is 1450. The molecule has 162 valence electrons. The van der Waals surface area contributed by atoms with Gasteiger partial charge in [0.05, 0.1) is 11.3 Å². The van der Waals surface area contributed by atoms with Crippen molar-refractivity contribution >= 4 is 39.5 Å². The van der Waals surface area contributed by atoms with Crippen LogP contribution in [0.4, 0.5) is 15.8 Å². The van der Waals surface area contributed by atoms with Crippen molar-refractivity contribution in [2.75, 3.05) is 10.2 Å². The fourth-order valence-electron chi connectivity index (χ4n) is 4.24. The average molecular weight is 436 g/mol. The van der Waals surface area contributed by atoms with Crippen LogP contribution in [0.15, 0.2) is 90.6 Å². The van der Waals surface area contributed by atoms with Crippen LogP contribution in [0.3, 0.4) is 0 Å². The van der Waals surface area contributed by atoms with Gasteiger partial charge in [-0.3, -0.25) is 9.59 Å². The number of rotatable bonds is 4. The summed E-state index contributed by atoms with van der Waals surface area (Å²) in [6.45, 7) is 3.93. The first-order chi connectivity index (χ1) is 15.9. The quantitative estimate of drug-likeness (QED) is 0.400. The summed E-state index contributed by atoms with van der Waals surface area (Å²) in [6.07, 6.45) is 0. The summed E-state index contributed by atoms with van der Waals surface area (Å²) in [7, 11) is 0. The molecule has 4 aromatic carbocycles. The third-order valence-electron chi connectivity index (χ3n) is 5.87. The number of fused-ring (bicyclic) bond motifs is 1. The largest absolute Gasteiger partial charge is 0.350 e. The average Bonchev–Trinajstić information content (AvgIpc) is 3.05. The van der Waals surface area contributed by atoms with Gasteiger partial charge >= 0.3 is 0 Å². The van der Waals surface area contributed by atoms with Crippen LogP contribution in [0.5, 0.6) is 0 Å². The summed E-state index contributed by atoms with van der Waals surface area (Å²) in [5.41, 5.74) is 4.15. The highest BCUT2D eigenvalue weighted by molar-refractivity contribution is 6.47. The molecule has 1 aliphatic rings. The van der Waals surface area contributed by atoms with Crippen molar-refractivity contribution in [3.05, 3.63) is 113 Å². The van der Waals surface area contributed by atoms with Crippen LogP contribution in [0.25, 0.3) is 16.3 Å². The van der Waals surface area contributed by atoms with Crippen molar-refractivity contribution in [2.24, 2.45) is 0 Å². The Kier molecular flexibility index (Phi) is 5.02. The molecule has 0 saturated heterocycles. The van der Waals surface area contributed by atoms with Gasteiger partial charge < -0.3 is 5.32 Å². The molecule has 4 aromatic rings. The number of carbonyl (C=O) groups is 2. The van der Waals surface area contributed by atoms with E-state index < -0.39 is 17.6 Å². The second-order valence-corrected chi connectivity index (χ2v) is 8.14. The number of aryl methyl sites for hydroxylation is 2. The van der Waals surface area contributed by atoms with E-state index in [1.807, 2.05) is 68.4 Å². The first-order valence-electron chi connectivity index (χ1n) is 10.6. The molecule has 0 radical (unpaired) electrons. The first-order valence-corrected chi connectivity index (χ1v) is 10.6. The molecule has 1 heterocycles. The number of hydrogen-bond donors (Lipinski definition) is 1. The Hall–Kier alpha value is -4.25. The molecule has 0 saturated carbocycles. The molecule has 0 unspecified atom stereocenters. The van der Waals surface area contributed by atoms with Gasteiger partial charge in [0.1, 0.15) is 11.5 Å². The number of nitrogens with one attached hydrogen (secondary N) is 1. The summed E-state index contributed by atoms with van der Waals surface area (Å²) >= 11 is 0. The van der Waals surface area contributed by atoms with Crippen molar-refractivity contribution in [1.29, 1.82) is 0 Å². The first kappa shape index (κ1) is 20.6. The maximum Gasteiger partial charge on any atom is 0.282 e. The van der Waals surface area contributed by atoms with Crippen LogP contribution in [-0.4, -0.2) is 11.8 Å². The topological polar surface area (TPSA) is 49.4 Å². The predicted octanol–water partition coefficient (Wildman–Crippen LogP) is 5.99. The van der Waals surface area contributed by atoms with Gasteiger partial charge in [0.15, 0.2) is 0 Å². The molecule has 0 fully saturated rings. The number of hydrogen-bond acceptors (Lipinski definition) is 3. The van der Waals surface area contributed by atoms with Crippen LogP contribution < -0.4 is 10.2 Å². The highest BCUT2D eigenvalue weighted by Gasteiger charge is 2.41. The molecule has 4 nitrogen and oxygen atoms in total. The van der Waals surface area contributed by atoms with Gasteiger partial charge in [0, 0.05) is 11.1 Å². The summed E-state index contributed by atoms with van der Waals surface area (Å²) in [4.78, 5) is 28.6. The molecule has 33 heavy (non-hydrogen) atoms. The van der Waals surface area contributed by atoms with E-state index in [-0.39, 0.29) is 11.3 Å². The lowest BCUT2D eigenvalue weighted by atomic mass is 10.0. The van der Waals surface area contributed by atoms with Crippen molar-refractivity contribution < 1.29 is 14.0 Å². The monoisotopic (exact) mass is 436 g/mol.